The molecule has 0 aliphatic carbocycles. The minimum atomic E-state index is 0.0150. The van der Waals surface area contributed by atoms with E-state index in [4.69, 9.17) is 0 Å². The summed E-state index contributed by atoms with van der Waals surface area (Å²) >= 11 is 0. The van der Waals surface area contributed by atoms with E-state index in [1.54, 1.807) is 0 Å². The molecule has 0 spiro atoms. The van der Waals surface area contributed by atoms with E-state index in [9.17, 15) is 4.79 Å². The number of aryl methyl sites for hydroxylation is 2. The van der Waals surface area contributed by atoms with E-state index in [-0.39, 0.29) is 5.91 Å². The number of hydrogen-bond acceptors (Lipinski definition) is 3. The molecule has 1 amide bonds. The molecule has 0 aliphatic rings. The van der Waals surface area contributed by atoms with Gasteiger partial charge < -0.3 is 16.0 Å². The van der Waals surface area contributed by atoms with Crippen LogP contribution in [0, 0.1) is 13.8 Å². The predicted molar refractivity (Wildman–Crippen MR) is 108 cm³/mol. The van der Waals surface area contributed by atoms with Gasteiger partial charge in [0.1, 0.15) is 0 Å². The second kappa shape index (κ2) is 10.4. The highest BCUT2D eigenvalue weighted by Crippen LogP contribution is 2.12. The molecule has 0 aliphatic heterocycles. The molecule has 0 unspecified atom stereocenters. The Kier molecular flexibility index (Phi) is 7.85. The van der Waals surface area contributed by atoms with Gasteiger partial charge in [0.25, 0.3) is 0 Å². The van der Waals surface area contributed by atoms with Gasteiger partial charge in [0.05, 0.1) is 12.2 Å². The first-order chi connectivity index (χ1) is 13.0. The third-order valence-electron chi connectivity index (χ3n) is 4.38. The van der Waals surface area contributed by atoms with E-state index in [0.717, 1.165) is 29.1 Å². The number of rotatable bonds is 8. The number of nitrogens with one attached hydrogen (secondary N) is 3. The zero-order valence-corrected chi connectivity index (χ0v) is 16.7. The topological polar surface area (TPSA) is 83.3 Å². The number of benzene rings is 1. The summed E-state index contributed by atoms with van der Waals surface area (Å²) in [7, 11) is 1.94. The van der Waals surface area contributed by atoms with Crippen molar-refractivity contribution in [1.82, 2.24) is 25.7 Å². The van der Waals surface area contributed by atoms with E-state index in [1.165, 1.54) is 0 Å². The zero-order valence-electron chi connectivity index (χ0n) is 16.7. The van der Waals surface area contributed by atoms with Crippen molar-refractivity contribution in [3.8, 4) is 0 Å². The molecule has 3 N–H and O–H groups in total. The van der Waals surface area contributed by atoms with Gasteiger partial charge in [0.15, 0.2) is 5.96 Å². The summed E-state index contributed by atoms with van der Waals surface area (Å²) < 4.78 is 1.87. The summed E-state index contributed by atoms with van der Waals surface area (Å²) in [6, 6.07) is 9.89. The number of hydrogen-bond donors (Lipinski definition) is 3. The number of guanidine groups is 1. The van der Waals surface area contributed by atoms with Crippen LogP contribution in [0.5, 0.6) is 0 Å². The highest BCUT2D eigenvalue weighted by atomic mass is 16.1. The molecule has 146 valence electrons. The van der Waals surface area contributed by atoms with Gasteiger partial charge in [0.2, 0.25) is 5.91 Å². The van der Waals surface area contributed by atoms with Crippen LogP contribution in [0.2, 0.25) is 0 Å². The summed E-state index contributed by atoms with van der Waals surface area (Å²) in [6.45, 7) is 8.45. The first-order valence-electron chi connectivity index (χ1n) is 9.33. The average Bonchev–Trinajstić information content (AvgIpc) is 2.90. The van der Waals surface area contributed by atoms with Crippen LogP contribution in [0.15, 0.2) is 35.3 Å². The van der Waals surface area contributed by atoms with Crippen molar-refractivity contribution in [2.75, 3.05) is 13.1 Å². The van der Waals surface area contributed by atoms with Crippen LogP contribution in [0.25, 0.3) is 0 Å². The zero-order chi connectivity index (χ0) is 19.6. The Bertz CT molecular complexity index is 766. The molecule has 0 saturated heterocycles. The van der Waals surface area contributed by atoms with Crippen LogP contribution >= 0.6 is 0 Å². The molecular weight excluding hydrogens is 340 g/mol. The minimum Gasteiger partial charge on any atom is -0.357 e. The van der Waals surface area contributed by atoms with Gasteiger partial charge in [-0.25, -0.2) is 4.99 Å². The van der Waals surface area contributed by atoms with Gasteiger partial charge in [-0.15, -0.1) is 0 Å². The van der Waals surface area contributed by atoms with Crippen LogP contribution in [-0.2, 0) is 24.9 Å². The third-order valence-corrected chi connectivity index (χ3v) is 4.38. The van der Waals surface area contributed by atoms with Gasteiger partial charge in [-0.3, -0.25) is 9.48 Å². The van der Waals surface area contributed by atoms with Crippen molar-refractivity contribution in [3.63, 3.8) is 0 Å². The van der Waals surface area contributed by atoms with E-state index in [0.29, 0.717) is 32.0 Å². The lowest BCUT2D eigenvalue weighted by Gasteiger charge is -2.11. The maximum absolute atomic E-state index is 12.0. The Morgan fingerprint density at radius 1 is 1.15 bits per heavy atom. The van der Waals surface area contributed by atoms with Crippen molar-refractivity contribution in [3.05, 3.63) is 52.8 Å². The molecule has 1 heterocycles. The number of aromatic nitrogens is 2. The van der Waals surface area contributed by atoms with Gasteiger partial charge in [0, 0.05) is 44.4 Å². The van der Waals surface area contributed by atoms with Crippen LogP contribution < -0.4 is 16.0 Å². The molecular formula is C20H30N6O. The number of aliphatic imine (C=N–C) groups is 1. The van der Waals surface area contributed by atoms with Crippen molar-refractivity contribution >= 4 is 11.9 Å². The van der Waals surface area contributed by atoms with Crippen molar-refractivity contribution < 1.29 is 4.79 Å². The monoisotopic (exact) mass is 370 g/mol. The normalized spacial score (nSPS) is 11.3. The Balaban J connectivity index is 1.80. The fourth-order valence-corrected chi connectivity index (χ4v) is 2.73. The third kappa shape index (κ3) is 6.44. The smallest absolute Gasteiger partial charge is 0.222 e. The second-order valence-electron chi connectivity index (χ2n) is 6.41. The summed E-state index contributed by atoms with van der Waals surface area (Å²) in [4.78, 5) is 16.6. The molecule has 27 heavy (non-hydrogen) atoms. The summed E-state index contributed by atoms with van der Waals surface area (Å²) in [5.41, 5.74) is 4.34. The lowest BCUT2D eigenvalue weighted by molar-refractivity contribution is -0.121. The fraction of sp³-hybridized carbons (Fsp3) is 0.450. The summed E-state index contributed by atoms with van der Waals surface area (Å²) in [5, 5.41) is 13.8. The van der Waals surface area contributed by atoms with Gasteiger partial charge in [-0.1, -0.05) is 30.3 Å². The molecule has 2 rings (SSSR count). The average molecular weight is 371 g/mol. The maximum Gasteiger partial charge on any atom is 0.222 e. The van der Waals surface area contributed by atoms with Crippen LogP contribution in [0.3, 0.4) is 0 Å². The molecule has 2 aromatic rings. The van der Waals surface area contributed by atoms with Crippen molar-refractivity contribution in [2.24, 2.45) is 12.0 Å². The largest absolute Gasteiger partial charge is 0.357 e. The Morgan fingerprint density at radius 3 is 2.52 bits per heavy atom. The van der Waals surface area contributed by atoms with E-state index in [1.807, 2.05) is 62.8 Å². The van der Waals surface area contributed by atoms with Crippen LogP contribution in [0.4, 0.5) is 0 Å². The highest BCUT2D eigenvalue weighted by Gasteiger charge is 2.09. The second-order valence-corrected chi connectivity index (χ2v) is 6.41. The predicted octanol–water partition coefficient (Wildman–Crippen LogP) is 1.80. The van der Waals surface area contributed by atoms with E-state index in [2.05, 4.69) is 26.0 Å². The van der Waals surface area contributed by atoms with Crippen LogP contribution in [0.1, 0.15) is 35.9 Å². The highest BCUT2D eigenvalue weighted by molar-refractivity contribution is 5.81. The molecule has 0 bridgehead atoms. The standard InChI is InChI=1S/C20H30N6O/c1-5-21-20(24-14-18-15(2)25-26(4)16(18)3)22-12-11-19(27)23-13-17-9-7-6-8-10-17/h6-10H,5,11-14H2,1-4H3,(H,23,27)(H2,21,22,24). The van der Waals surface area contributed by atoms with Crippen molar-refractivity contribution in [2.45, 2.75) is 40.3 Å². The Hall–Kier alpha value is -2.83. The molecule has 7 nitrogen and oxygen atoms in total. The first kappa shape index (κ1) is 20.5. The lowest BCUT2D eigenvalue weighted by Crippen LogP contribution is -2.39. The number of carbonyl (C=O) groups excluding carboxylic acids is 1. The SMILES string of the molecule is CCNC(=NCc1c(C)nn(C)c1C)NCCC(=O)NCc1ccccc1. The first-order valence-corrected chi connectivity index (χ1v) is 9.33. The molecule has 0 atom stereocenters. The van der Waals surface area contributed by atoms with Crippen LogP contribution in [-0.4, -0.2) is 34.7 Å². The van der Waals surface area contributed by atoms with E-state index < -0.39 is 0 Å². The summed E-state index contributed by atoms with van der Waals surface area (Å²) in [5.74, 6) is 0.720. The Morgan fingerprint density at radius 2 is 1.89 bits per heavy atom. The fourth-order valence-electron chi connectivity index (χ4n) is 2.73. The van der Waals surface area contributed by atoms with Gasteiger partial charge in [-0.2, -0.15) is 5.10 Å². The lowest BCUT2D eigenvalue weighted by atomic mass is 10.2. The summed E-state index contributed by atoms with van der Waals surface area (Å²) in [6.07, 6.45) is 0.391. The molecule has 0 saturated carbocycles. The minimum absolute atomic E-state index is 0.0150. The van der Waals surface area contributed by atoms with Crippen molar-refractivity contribution in [1.29, 1.82) is 0 Å². The molecule has 1 aromatic carbocycles. The molecule has 1 aromatic heterocycles. The number of amides is 1. The van der Waals surface area contributed by atoms with Gasteiger partial charge in [-0.05, 0) is 26.3 Å². The number of nitrogens with zero attached hydrogens (tertiary/aromatic N) is 3. The number of carbonyl (C=O) groups is 1. The molecule has 0 fully saturated rings. The molecule has 7 heteroatoms. The Labute approximate surface area is 161 Å². The van der Waals surface area contributed by atoms with Gasteiger partial charge >= 0.3 is 0 Å². The maximum atomic E-state index is 12.0. The quantitative estimate of drug-likeness (QED) is 0.489. The van der Waals surface area contributed by atoms with E-state index >= 15 is 0 Å². The molecule has 0 radical (unpaired) electrons.